The summed E-state index contributed by atoms with van der Waals surface area (Å²) in [4.78, 5) is 14.5. The summed E-state index contributed by atoms with van der Waals surface area (Å²) in [5.74, 6) is 1.48. The van der Waals surface area contributed by atoms with Crippen LogP contribution in [0.1, 0.15) is 32.1 Å². The van der Waals surface area contributed by atoms with Gasteiger partial charge in [-0.3, -0.25) is 4.79 Å². The Bertz CT molecular complexity index is 663. The smallest absolute Gasteiger partial charge is 0.233 e. The minimum atomic E-state index is 0.214. The van der Waals surface area contributed by atoms with Crippen LogP contribution in [0.5, 0.6) is 0 Å². The van der Waals surface area contributed by atoms with E-state index in [0.717, 1.165) is 42.5 Å². The van der Waals surface area contributed by atoms with Gasteiger partial charge in [0.15, 0.2) is 11.0 Å². The second-order valence-electron chi connectivity index (χ2n) is 6.17. The van der Waals surface area contributed by atoms with E-state index in [4.69, 9.17) is 0 Å². The van der Waals surface area contributed by atoms with Gasteiger partial charge in [0.05, 0.1) is 5.75 Å². The number of hydrogen-bond acceptors (Lipinski definition) is 4. The SMILES string of the molecule is Cn1c(SCC(=O)N2CCCCCCC2)nnc1-c1ccccc1. The lowest BCUT2D eigenvalue weighted by Gasteiger charge is -2.24. The monoisotopic (exact) mass is 344 g/mol. The van der Waals surface area contributed by atoms with Gasteiger partial charge in [-0.05, 0) is 12.8 Å². The lowest BCUT2D eigenvalue weighted by Crippen LogP contribution is -2.35. The second kappa shape index (κ2) is 8.33. The number of carbonyl (C=O) groups is 1. The molecule has 1 fully saturated rings. The number of hydrogen-bond donors (Lipinski definition) is 0. The molecule has 1 saturated heterocycles. The van der Waals surface area contributed by atoms with Gasteiger partial charge in [0.1, 0.15) is 0 Å². The van der Waals surface area contributed by atoms with Crippen LogP contribution in [0.3, 0.4) is 0 Å². The second-order valence-corrected chi connectivity index (χ2v) is 7.11. The average molecular weight is 344 g/mol. The number of likely N-dealkylation sites (tertiary alicyclic amines) is 1. The molecule has 1 aromatic heterocycles. The highest BCUT2D eigenvalue weighted by Crippen LogP contribution is 2.23. The van der Waals surface area contributed by atoms with Crippen molar-refractivity contribution in [3.63, 3.8) is 0 Å². The topological polar surface area (TPSA) is 51.0 Å². The zero-order valence-corrected chi connectivity index (χ0v) is 15.0. The maximum Gasteiger partial charge on any atom is 0.233 e. The summed E-state index contributed by atoms with van der Waals surface area (Å²) in [7, 11) is 1.95. The van der Waals surface area contributed by atoms with Crippen LogP contribution in [-0.4, -0.2) is 44.4 Å². The third kappa shape index (κ3) is 4.17. The van der Waals surface area contributed by atoms with E-state index in [1.54, 1.807) is 0 Å². The van der Waals surface area contributed by atoms with E-state index < -0.39 is 0 Å². The third-order valence-corrected chi connectivity index (χ3v) is 5.41. The maximum absolute atomic E-state index is 12.5. The molecule has 6 heteroatoms. The number of carbonyl (C=O) groups excluding carboxylic acids is 1. The van der Waals surface area contributed by atoms with Crippen LogP contribution in [0.2, 0.25) is 0 Å². The Labute approximate surface area is 147 Å². The minimum Gasteiger partial charge on any atom is -0.342 e. The molecular weight excluding hydrogens is 320 g/mol. The fourth-order valence-corrected chi connectivity index (χ4v) is 3.81. The minimum absolute atomic E-state index is 0.214. The lowest BCUT2D eigenvalue weighted by molar-refractivity contribution is -0.128. The van der Waals surface area contributed by atoms with Crippen LogP contribution in [0.25, 0.3) is 11.4 Å². The molecule has 24 heavy (non-hydrogen) atoms. The molecule has 0 spiro atoms. The first-order valence-electron chi connectivity index (χ1n) is 8.61. The molecule has 0 atom stereocenters. The Morgan fingerprint density at radius 1 is 1.04 bits per heavy atom. The van der Waals surface area contributed by atoms with Gasteiger partial charge in [0, 0.05) is 25.7 Å². The van der Waals surface area contributed by atoms with Crippen LogP contribution in [0, 0.1) is 0 Å². The molecule has 1 aliphatic heterocycles. The predicted molar refractivity (Wildman–Crippen MR) is 96.8 cm³/mol. The first-order valence-corrected chi connectivity index (χ1v) is 9.59. The standard InChI is InChI=1S/C18H24N4OS/c1-21-17(15-10-6-5-7-11-15)19-20-18(21)24-14-16(23)22-12-8-3-2-4-9-13-22/h5-7,10-11H,2-4,8-9,12-14H2,1H3. The van der Waals surface area contributed by atoms with E-state index in [0.29, 0.717) is 5.75 Å². The molecule has 5 nitrogen and oxygen atoms in total. The molecule has 2 heterocycles. The fourth-order valence-electron chi connectivity index (χ4n) is 2.99. The highest BCUT2D eigenvalue weighted by molar-refractivity contribution is 7.99. The highest BCUT2D eigenvalue weighted by atomic mass is 32.2. The van der Waals surface area contributed by atoms with Crippen LogP contribution < -0.4 is 0 Å². The van der Waals surface area contributed by atoms with Crippen molar-refractivity contribution in [3.8, 4) is 11.4 Å². The summed E-state index contributed by atoms with van der Waals surface area (Å²) in [6.45, 7) is 1.79. The van der Waals surface area contributed by atoms with Gasteiger partial charge in [-0.15, -0.1) is 10.2 Å². The Hall–Kier alpha value is -1.82. The molecule has 0 N–H and O–H groups in total. The van der Waals surface area contributed by atoms with E-state index in [-0.39, 0.29) is 5.91 Å². The van der Waals surface area contributed by atoms with Crippen molar-refractivity contribution in [3.05, 3.63) is 30.3 Å². The maximum atomic E-state index is 12.5. The van der Waals surface area contributed by atoms with E-state index in [2.05, 4.69) is 10.2 Å². The van der Waals surface area contributed by atoms with Gasteiger partial charge in [-0.25, -0.2) is 0 Å². The third-order valence-electron chi connectivity index (χ3n) is 4.40. The first kappa shape index (κ1) is 17.0. The number of amides is 1. The number of nitrogens with zero attached hydrogens (tertiary/aromatic N) is 4. The van der Waals surface area contributed by atoms with Crippen molar-refractivity contribution in [2.24, 2.45) is 7.05 Å². The van der Waals surface area contributed by atoms with Gasteiger partial charge >= 0.3 is 0 Å². The van der Waals surface area contributed by atoms with Gasteiger partial charge in [-0.1, -0.05) is 61.4 Å². The van der Waals surface area contributed by atoms with Crippen molar-refractivity contribution in [1.29, 1.82) is 0 Å². The van der Waals surface area contributed by atoms with Crippen molar-refractivity contribution >= 4 is 17.7 Å². The number of benzene rings is 1. The summed E-state index contributed by atoms with van der Waals surface area (Å²) < 4.78 is 1.96. The normalized spacial score (nSPS) is 15.8. The molecule has 0 aliphatic carbocycles. The molecule has 1 aromatic carbocycles. The Kier molecular flexibility index (Phi) is 5.91. The molecule has 1 amide bonds. The summed E-state index contributed by atoms with van der Waals surface area (Å²) in [6.07, 6.45) is 6.02. The Balaban J connectivity index is 1.60. The van der Waals surface area contributed by atoms with Crippen LogP contribution >= 0.6 is 11.8 Å². The zero-order chi connectivity index (χ0) is 16.8. The van der Waals surface area contributed by atoms with Gasteiger partial charge in [0.2, 0.25) is 5.91 Å². The first-order chi connectivity index (χ1) is 11.8. The van der Waals surface area contributed by atoms with Gasteiger partial charge < -0.3 is 9.47 Å². The number of thioether (sulfide) groups is 1. The van der Waals surface area contributed by atoms with E-state index >= 15 is 0 Å². The van der Waals surface area contributed by atoms with Crippen molar-refractivity contribution in [2.45, 2.75) is 37.3 Å². The lowest BCUT2D eigenvalue weighted by atomic mass is 10.1. The van der Waals surface area contributed by atoms with Gasteiger partial charge in [0.25, 0.3) is 0 Å². The molecule has 128 valence electrons. The quantitative estimate of drug-likeness (QED) is 0.798. The molecule has 3 rings (SSSR count). The van der Waals surface area contributed by atoms with Crippen molar-refractivity contribution in [1.82, 2.24) is 19.7 Å². The van der Waals surface area contributed by atoms with Crippen LogP contribution in [0.4, 0.5) is 0 Å². The van der Waals surface area contributed by atoms with Crippen LogP contribution in [0.15, 0.2) is 35.5 Å². The number of rotatable bonds is 4. The average Bonchev–Trinajstić information content (AvgIpc) is 2.94. The number of aromatic nitrogens is 3. The highest BCUT2D eigenvalue weighted by Gasteiger charge is 2.17. The van der Waals surface area contributed by atoms with Gasteiger partial charge in [-0.2, -0.15) is 0 Å². The zero-order valence-electron chi connectivity index (χ0n) is 14.1. The Morgan fingerprint density at radius 2 is 1.71 bits per heavy atom. The molecule has 2 aromatic rings. The fraction of sp³-hybridized carbons (Fsp3) is 0.500. The molecule has 0 radical (unpaired) electrons. The molecule has 1 aliphatic rings. The van der Waals surface area contributed by atoms with E-state index in [9.17, 15) is 4.79 Å². The summed E-state index contributed by atoms with van der Waals surface area (Å²) in [5, 5.41) is 9.31. The molecule has 0 unspecified atom stereocenters. The summed E-state index contributed by atoms with van der Waals surface area (Å²) in [6, 6.07) is 10.00. The molecular formula is C18H24N4OS. The predicted octanol–water partition coefficient (Wildman–Crippen LogP) is 3.37. The summed E-state index contributed by atoms with van der Waals surface area (Å²) >= 11 is 1.47. The molecule has 0 bridgehead atoms. The Morgan fingerprint density at radius 3 is 2.42 bits per heavy atom. The van der Waals surface area contributed by atoms with E-state index in [1.165, 1.54) is 31.0 Å². The van der Waals surface area contributed by atoms with Crippen LogP contribution in [-0.2, 0) is 11.8 Å². The van der Waals surface area contributed by atoms with E-state index in [1.807, 2.05) is 46.8 Å². The van der Waals surface area contributed by atoms with Crippen molar-refractivity contribution < 1.29 is 4.79 Å². The summed E-state index contributed by atoms with van der Waals surface area (Å²) in [5.41, 5.74) is 1.04. The van der Waals surface area contributed by atoms with Crippen molar-refractivity contribution in [2.75, 3.05) is 18.8 Å². The largest absolute Gasteiger partial charge is 0.342 e. The molecule has 0 saturated carbocycles.